The van der Waals surface area contributed by atoms with Crippen molar-refractivity contribution < 1.29 is 18.4 Å². The number of hydrogen-bond acceptors (Lipinski definition) is 3. The molecule has 2 atom stereocenters. The van der Waals surface area contributed by atoms with Crippen molar-refractivity contribution in [1.29, 1.82) is 0 Å². The summed E-state index contributed by atoms with van der Waals surface area (Å²) < 4.78 is 26.4. The monoisotopic (exact) mass is 389 g/mol. The zero-order valence-electron chi connectivity index (χ0n) is 16.4. The van der Waals surface area contributed by atoms with Crippen LogP contribution < -0.4 is 10.6 Å². The number of rotatable bonds is 7. The lowest BCUT2D eigenvalue weighted by atomic mass is 10.1. The average Bonchev–Trinajstić information content (AvgIpc) is 2.64. The number of carbonyl (C=O) groups is 2. The Balaban J connectivity index is 1.89. The van der Waals surface area contributed by atoms with Gasteiger partial charge in [-0.2, -0.15) is 0 Å². The number of halogens is 2. The van der Waals surface area contributed by atoms with Gasteiger partial charge >= 0.3 is 0 Å². The van der Waals surface area contributed by atoms with Gasteiger partial charge in [0.25, 0.3) is 0 Å². The highest BCUT2D eigenvalue weighted by molar-refractivity contribution is 5.95. The molecule has 150 valence electrons. The summed E-state index contributed by atoms with van der Waals surface area (Å²) in [6, 6.07) is 9.99. The highest BCUT2D eigenvalue weighted by Crippen LogP contribution is 2.17. The Bertz CT molecular complexity index is 840. The Morgan fingerprint density at radius 3 is 2.29 bits per heavy atom. The van der Waals surface area contributed by atoms with Gasteiger partial charge in [-0.1, -0.05) is 23.8 Å². The second kappa shape index (κ2) is 9.41. The highest BCUT2D eigenvalue weighted by Gasteiger charge is 2.22. The van der Waals surface area contributed by atoms with Crippen molar-refractivity contribution in [2.75, 3.05) is 18.9 Å². The second-order valence-electron chi connectivity index (χ2n) is 6.89. The van der Waals surface area contributed by atoms with Crippen LogP contribution in [0, 0.1) is 18.6 Å². The van der Waals surface area contributed by atoms with Crippen LogP contribution in [0.5, 0.6) is 0 Å². The predicted molar refractivity (Wildman–Crippen MR) is 105 cm³/mol. The smallest absolute Gasteiger partial charge is 0.243 e. The van der Waals surface area contributed by atoms with Gasteiger partial charge in [0, 0.05) is 18.8 Å². The van der Waals surface area contributed by atoms with Gasteiger partial charge in [0.2, 0.25) is 11.8 Å². The molecule has 0 heterocycles. The zero-order valence-corrected chi connectivity index (χ0v) is 16.4. The van der Waals surface area contributed by atoms with E-state index in [0.29, 0.717) is 11.3 Å². The van der Waals surface area contributed by atoms with Crippen molar-refractivity contribution in [3.8, 4) is 0 Å². The van der Waals surface area contributed by atoms with Crippen LogP contribution in [-0.2, 0) is 9.59 Å². The summed E-state index contributed by atoms with van der Waals surface area (Å²) in [5, 5.41) is 5.78. The Hall–Kier alpha value is -2.80. The molecular formula is C21H25F2N3O2. The van der Waals surface area contributed by atoms with E-state index in [-0.39, 0.29) is 24.4 Å². The molecule has 0 spiro atoms. The number of nitrogens with one attached hydrogen (secondary N) is 2. The first kappa shape index (κ1) is 21.5. The van der Waals surface area contributed by atoms with E-state index in [9.17, 15) is 18.4 Å². The number of nitrogens with zero attached hydrogens (tertiary/aromatic N) is 1. The molecule has 0 unspecified atom stereocenters. The van der Waals surface area contributed by atoms with Crippen LogP contribution >= 0.6 is 0 Å². The predicted octanol–water partition coefficient (Wildman–Crippen LogP) is 3.41. The molecule has 7 heteroatoms. The van der Waals surface area contributed by atoms with Gasteiger partial charge in [-0.3, -0.25) is 14.9 Å². The van der Waals surface area contributed by atoms with E-state index in [1.807, 2.05) is 19.1 Å². The second-order valence-corrected chi connectivity index (χ2v) is 6.89. The molecule has 2 amide bonds. The number of amides is 2. The lowest BCUT2D eigenvalue weighted by molar-refractivity contribution is -0.135. The number of anilines is 1. The first-order chi connectivity index (χ1) is 13.2. The van der Waals surface area contributed by atoms with E-state index in [1.165, 1.54) is 18.0 Å². The standard InChI is InChI=1S/C21H25F2N3O2/c1-13-5-8-17(9-6-13)25-20(27)12-26(4)21(28)15(3)24-14(2)16-7-10-18(22)19(23)11-16/h5-11,14-15,24H,12H2,1-4H3,(H,25,27)/t14-,15-/m0/s1. The van der Waals surface area contributed by atoms with Gasteiger partial charge in [-0.25, -0.2) is 8.78 Å². The van der Waals surface area contributed by atoms with Crippen molar-refractivity contribution in [2.24, 2.45) is 0 Å². The van der Waals surface area contributed by atoms with E-state index in [2.05, 4.69) is 10.6 Å². The molecule has 0 bridgehead atoms. The number of likely N-dealkylation sites (N-methyl/N-ethyl adjacent to an activating group) is 1. The minimum Gasteiger partial charge on any atom is -0.335 e. The van der Waals surface area contributed by atoms with Crippen LogP contribution in [0.3, 0.4) is 0 Å². The first-order valence-corrected chi connectivity index (χ1v) is 9.00. The van der Waals surface area contributed by atoms with Gasteiger partial charge in [0.15, 0.2) is 11.6 Å². The maximum atomic E-state index is 13.4. The maximum absolute atomic E-state index is 13.4. The fourth-order valence-corrected chi connectivity index (χ4v) is 2.79. The van der Waals surface area contributed by atoms with Crippen LogP contribution in [-0.4, -0.2) is 36.3 Å². The fourth-order valence-electron chi connectivity index (χ4n) is 2.79. The van der Waals surface area contributed by atoms with Crippen molar-refractivity contribution in [2.45, 2.75) is 32.9 Å². The normalized spacial score (nSPS) is 12.9. The molecule has 2 aromatic rings. The molecule has 2 N–H and O–H groups in total. The number of aryl methyl sites for hydroxylation is 1. The SMILES string of the molecule is Cc1ccc(NC(=O)CN(C)C(=O)[C@H](C)N[C@@H](C)c2ccc(F)c(F)c2)cc1. The molecule has 0 aliphatic carbocycles. The zero-order chi connectivity index (χ0) is 20.8. The lowest BCUT2D eigenvalue weighted by Crippen LogP contribution is -2.46. The lowest BCUT2D eigenvalue weighted by Gasteiger charge is -2.24. The summed E-state index contributed by atoms with van der Waals surface area (Å²) in [5.74, 6) is -2.44. The summed E-state index contributed by atoms with van der Waals surface area (Å²) in [6.07, 6.45) is 0. The number of hydrogen-bond donors (Lipinski definition) is 2. The Morgan fingerprint density at radius 2 is 1.68 bits per heavy atom. The molecule has 0 aliphatic heterocycles. The van der Waals surface area contributed by atoms with Crippen LogP contribution in [0.1, 0.15) is 31.0 Å². The molecule has 0 saturated carbocycles. The minimum absolute atomic E-state index is 0.0989. The van der Waals surface area contributed by atoms with Crippen molar-refractivity contribution in [3.05, 3.63) is 65.2 Å². The van der Waals surface area contributed by atoms with E-state index >= 15 is 0 Å². The molecule has 0 fully saturated rings. The number of benzene rings is 2. The molecule has 2 aromatic carbocycles. The van der Waals surface area contributed by atoms with Gasteiger partial charge in [-0.15, -0.1) is 0 Å². The van der Waals surface area contributed by atoms with Crippen LogP contribution in [0.15, 0.2) is 42.5 Å². The van der Waals surface area contributed by atoms with Crippen LogP contribution in [0.2, 0.25) is 0 Å². The molecule has 0 saturated heterocycles. The van der Waals surface area contributed by atoms with Gasteiger partial charge in [0.1, 0.15) is 0 Å². The Kier molecular flexibility index (Phi) is 7.23. The minimum atomic E-state index is -0.935. The van der Waals surface area contributed by atoms with Gasteiger partial charge in [-0.05, 0) is 50.6 Å². The maximum Gasteiger partial charge on any atom is 0.243 e. The summed E-state index contributed by atoms with van der Waals surface area (Å²) in [5.41, 5.74) is 2.27. The fraction of sp³-hybridized carbons (Fsp3) is 0.333. The number of carbonyl (C=O) groups excluding carboxylic acids is 2. The summed E-state index contributed by atoms with van der Waals surface area (Å²) in [6.45, 7) is 5.26. The Labute approximate surface area is 163 Å². The summed E-state index contributed by atoms with van der Waals surface area (Å²) >= 11 is 0. The summed E-state index contributed by atoms with van der Waals surface area (Å²) in [7, 11) is 1.54. The quantitative estimate of drug-likeness (QED) is 0.763. The van der Waals surface area contributed by atoms with E-state index < -0.39 is 17.7 Å². The van der Waals surface area contributed by atoms with Crippen LogP contribution in [0.4, 0.5) is 14.5 Å². The molecule has 5 nitrogen and oxygen atoms in total. The molecule has 2 rings (SSSR count). The third-order valence-electron chi connectivity index (χ3n) is 4.41. The van der Waals surface area contributed by atoms with Crippen molar-refractivity contribution in [3.63, 3.8) is 0 Å². The Morgan fingerprint density at radius 1 is 1.04 bits per heavy atom. The highest BCUT2D eigenvalue weighted by atomic mass is 19.2. The largest absolute Gasteiger partial charge is 0.335 e. The third kappa shape index (κ3) is 5.85. The van der Waals surface area contributed by atoms with Gasteiger partial charge in [0.05, 0.1) is 12.6 Å². The first-order valence-electron chi connectivity index (χ1n) is 9.00. The molecule has 0 aromatic heterocycles. The van der Waals surface area contributed by atoms with Crippen molar-refractivity contribution >= 4 is 17.5 Å². The van der Waals surface area contributed by atoms with E-state index in [0.717, 1.165) is 17.7 Å². The molecule has 0 aliphatic rings. The van der Waals surface area contributed by atoms with E-state index in [1.54, 1.807) is 26.0 Å². The van der Waals surface area contributed by atoms with Crippen LogP contribution in [0.25, 0.3) is 0 Å². The molecular weight excluding hydrogens is 364 g/mol. The summed E-state index contributed by atoms with van der Waals surface area (Å²) in [4.78, 5) is 26.0. The van der Waals surface area contributed by atoms with E-state index in [4.69, 9.17) is 0 Å². The molecule has 28 heavy (non-hydrogen) atoms. The topological polar surface area (TPSA) is 61.4 Å². The van der Waals surface area contributed by atoms with Gasteiger partial charge < -0.3 is 10.2 Å². The third-order valence-corrected chi connectivity index (χ3v) is 4.41. The van der Waals surface area contributed by atoms with Crippen molar-refractivity contribution in [1.82, 2.24) is 10.2 Å². The average molecular weight is 389 g/mol. The molecule has 0 radical (unpaired) electrons.